The first kappa shape index (κ1) is 23.8. The molecular formula is C24H31BrN4O4. The highest BCUT2D eigenvalue weighted by Gasteiger charge is 2.49. The molecule has 0 radical (unpaired) electrons. The number of hydrogen-bond acceptors (Lipinski definition) is 5. The van der Waals surface area contributed by atoms with Crippen LogP contribution in [0.25, 0.3) is 11.3 Å². The van der Waals surface area contributed by atoms with Gasteiger partial charge in [-0.3, -0.25) is 4.79 Å². The summed E-state index contributed by atoms with van der Waals surface area (Å²) in [5, 5.41) is 2.73. The number of carbonyl (C=O) groups is 2. The van der Waals surface area contributed by atoms with Gasteiger partial charge in [-0.05, 0) is 48.3 Å². The van der Waals surface area contributed by atoms with Crippen LogP contribution < -0.4 is 5.32 Å². The van der Waals surface area contributed by atoms with E-state index in [1.54, 1.807) is 0 Å². The minimum absolute atomic E-state index is 0.00403. The van der Waals surface area contributed by atoms with Gasteiger partial charge in [0.05, 0.1) is 25.0 Å². The number of amides is 2. The predicted octanol–water partition coefficient (Wildman–Crippen LogP) is 4.29. The molecule has 2 atom stereocenters. The Hall–Kier alpha value is -2.39. The molecule has 9 heteroatoms. The molecule has 33 heavy (non-hydrogen) atoms. The van der Waals surface area contributed by atoms with Crippen LogP contribution >= 0.6 is 15.9 Å². The molecule has 2 aliphatic heterocycles. The molecule has 0 aliphatic carbocycles. The zero-order chi connectivity index (χ0) is 23.6. The fourth-order valence-electron chi connectivity index (χ4n) is 4.86. The molecule has 4 rings (SSSR count). The van der Waals surface area contributed by atoms with Gasteiger partial charge in [-0.2, -0.15) is 0 Å². The second kappa shape index (κ2) is 9.85. The lowest BCUT2D eigenvalue weighted by atomic mass is 9.78. The highest BCUT2D eigenvalue weighted by molar-refractivity contribution is 9.10. The number of H-pyrrole nitrogens is 1. The number of ether oxygens (including phenoxy) is 2. The number of alkyl carbamates (subject to hydrolysis) is 1. The van der Waals surface area contributed by atoms with Crippen LogP contribution in [0.5, 0.6) is 0 Å². The van der Waals surface area contributed by atoms with Gasteiger partial charge in [-0.25, -0.2) is 9.78 Å². The first-order valence-electron chi connectivity index (χ1n) is 11.4. The van der Waals surface area contributed by atoms with Crippen molar-refractivity contribution in [2.75, 3.05) is 26.9 Å². The maximum atomic E-state index is 13.7. The zero-order valence-electron chi connectivity index (χ0n) is 19.3. The van der Waals surface area contributed by atoms with Crippen molar-refractivity contribution in [3.8, 4) is 11.3 Å². The largest absolute Gasteiger partial charge is 0.453 e. The molecule has 0 bridgehead atoms. The molecule has 2 aromatic rings. The number of aromatic amines is 1. The smallest absolute Gasteiger partial charge is 0.407 e. The van der Waals surface area contributed by atoms with Crippen LogP contribution in [0, 0.1) is 11.3 Å². The third kappa shape index (κ3) is 5.09. The predicted molar refractivity (Wildman–Crippen MR) is 127 cm³/mol. The highest BCUT2D eigenvalue weighted by Crippen LogP contribution is 2.48. The van der Waals surface area contributed by atoms with Gasteiger partial charge in [-0.1, -0.05) is 41.9 Å². The van der Waals surface area contributed by atoms with Crippen molar-refractivity contribution < 1.29 is 19.1 Å². The zero-order valence-corrected chi connectivity index (χ0v) is 20.9. The summed E-state index contributed by atoms with van der Waals surface area (Å²) in [7, 11) is 1.30. The number of halogens is 1. The fraction of sp³-hybridized carbons (Fsp3) is 0.542. The van der Waals surface area contributed by atoms with Crippen LogP contribution in [0.4, 0.5) is 4.79 Å². The molecule has 1 aromatic carbocycles. The Labute approximate surface area is 202 Å². The molecule has 178 valence electrons. The van der Waals surface area contributed by atoms with E-state index in [9.17, 15) is 9.59 Å². The van der Waals surface area contributed by atoms with Crippen LogP contribution in [0.3, 0.4) is 0 Å². The van der Waals surface area contributed by atoms with E-state index < -0.39 is 12.1 Å². The first-order chi connectivity index (χ1) is 15.8. The standard InChI is InChI=1S/C24H31BrN4O4/c1-15(2)20(28-23(31)32-3)22(30)29-14-24(8-10-33-11-9-24)12-19(29)21-26-13-18(27-21)16-4-6-17(25)7-5-16/h4-7,13,15,19-20H,8-12,14H2,1-3H3,(H,26,27)(H,28,31)/t19?,20-/m0/s1. The summed E-state index contributed by atoms with van der Waals surface area (Å²) in [5.74, 6) is 0.578. The van der Waals surface area contributed by atoms with Crippen LogP contribution in [0.1, 0.15) is 45.0 Å². The van der Waals surface area contributed by atoms with Crippen molar-refractivity contribution in [1.29, 1.82) is 0 Å². The van der Waals surface area contributed by atoms with Gasteiger partial charge in [-0.15, -0.1) is 0 Å². The minimum Gasteiger partial charge on any atom is -0.453 e. The second-order valence-corrected chi connectivity index (χ2v) is 10.3. The number of benzene rings is 1. The van der Waals surface area contributed by atoms with Crippen molar-refractivity contribution in [1.82, 2.24) is 20.2 Å². The molecular weight excluding hydrogens is 488 g/mol. The van der Waals surface area contributed by atoms with E-state index in [0.717, 1.165) is 40.8 Å². The first-order valence-corrected chi connectivity index (χ1v) is 12.1. The third-order valence-corrected chi connectivity index (χ3v) is 7.33. The Kier molecular flexibility index (Phi) is 7.09. The fourth-order valence-corrected chi connectivity index (χ4v) is 5.12. The van der Waals surface area contributed by atoms with Crippen molar-refractivity contribution >= 4 is 27.9 Å². The van der Waals surface area contributed by atoms with Gasteiger partial charge >= 0.3 is 6.09 Å². The Bertz CT molecular complexity index is 985. The molecule has 1 aromatic heterocycles. The lowest BCUT2D eigenvalue weighted by Crippen LogP contribution is -2.51. The Balaban J connectivity index is 1.64. The van der Waals surface area contributed by atoms with E-state index in [1.165, 1.54) is 7.11 Å². The Morgan fingerprint density at radius 1 is 1.27 bits per heavy atom. The molecule has 2 amide bonds. The number of rotatable bonds is 5. The molecule has 2 aliphatic rings. The molecule has 8 nitrogen and oxygen atoms in total. The number of likely N-dealkylation sites (tertiary alicyclic amines) is 1. The lowest BCUT2D eigenvalue weighted by molar-refractivity contribution is -0.136. The summed E-state index contributed by atoms with van der Waals surface area (Å²) in [4.78, 5) is 35.7. The molecule has 2 fully saturated rings. The van der Waals surface area contributed by atoms with Gasteiger partial charge in [0.1, 0.15) is 11.9 Å². The number of nitrogens with zero attached hydrogens (tertiary/aromatic N) is 2. The van der Waals surface area contributed by atoms with Gasteiger partial charge in [0.25, 0.3) is 0 Å². The van der Waals surface area contributed by atoms with Crippen molar-refractivity contribution in [2.24, 2.45) is 11.3 Å². The SMILES string of the molecule is COC(=O)N[C@H](C(=O)N1CC2(CCOCC2)CC1c1ncc(-c2ccc(Br)cc2)[nH]1)C(C)C. The van der Waals surface area contributed by atoms with Crippen molar-refractivity contribution in [2.45, 2.75) is 45.2 Å². The summed E-state index contributed by atoms with van der Waals surface area (Å²) in [5.41, 5.74) is 1.93. The maximum Gasteiger partial charge on any atom is 0.407 e. The number of hydrogen-bond donors (Lipinski definition) is 2. The molecule has 1 spiro atoms. The van der Waals surface area contributed by atoms with Crippen LogP contribution in [0.2, 0.25) is 0 Å². The number of imidazole rings is 1. The number of carbonyl (C=O) groups excluding carboxylic acids is 2. The van der Waals surface area contributed by atoms with E-state index in [4.69, 9.17) is 9.47 Å². The van der Waals surface area contributed by atoms with E-state index in [-0.39, 0.29) is 23.3 Å². The van der Waals surface area contributed by atoms with Crippen LogP contribution in [0.15, 0.2) is 34.9 Å². The number of nitrogens with one attached hydrogen (secondary N) is 2. The number of methoxy groups -OCH3 is 1. The summed E-state index contributed by atoms with van der Waals surface area (Å²) in [6, 6.07) is 7.16. The summed E-state index contributed by atoms with van der Waals surface area (Å²) in [6.07, 6.45) is 3.85. The Morgan fingerprint density at radius 3 is 2.61 bits per heavy atom. The van der Waals surface area contributed by atoms with Gasteiger partial charge < -0.3 is 24.7 Å². The highest BCUT2D eigenvalue weighted by atomic mass is 79.9. The minimum atomic E-state index is -0.671. The van der Waals surface area contributed by atoms with E-state index >= 15 is 0 Å². The van der Waals surface area contributed by atoms with Crippen LogP contribution in [-0.4, -0.2) is 59.8 Å². The van der Waals surface area contributed by atoms with Crippen molar-refractivity contribution in [3.05, 3.63) is 40.8 Å². The molecule has 0 saturated carbocycles. The summed E-state index contributed by atoms with van der Waals surface area (Å²) in [6.45, 7) is 5.87. The third-order valence-electron chi connectivity index (χ3n) is 6.80. The Morgan fingerprint density at radius 2 is 1.97 bits per heavy atom. The van der Waals surface area contributed by atoms with Crippen LogP contribution in [-0.2, 0) is 14.3 Å². The number of aromatic nitrogens is 2. The average Bonchev–Trinajstić information content (AvgIpc) is 3.43. The van der Waals surface area contributed by atoms with E-state index in [0.29, 0.717) is 19.8 Å². The summed E-state index contributed by atoms with van der Waals surface area (Å²) >= 11 is 3.47. The molecule has 3 heterocycles. The second-order valence-electron chi connectivity index (χ2n) is 9.35. The van der Waals surface area contributed by atoms with Crippen molar-refractivity contribution in [3.63, 3.8) is 0 Å². The van der Waals surface area contributed by atoms with Gasteiger partial charge in [0.2, 0.25) is 5.91 Å². The monoisotopic (exact) mass is 518 g/mol. The maximum absolute atomic E-state index is 13.7. The topological polar surface area (TPSA) is 96.6 Å². The van der Waals surface area contributed by atoms with E-state index in [1.807, 2.05) is 49.2 Å². The normalized spacial score (nSPS) is 20.8. The quantitative estimate of drug-likeness (QED) is 0.615. The van der Waals surface area contributed by atoms with Gasteiger partial charge in [0.15, 0.2) is 0 Å². The molecule has 1 unspecified atom stereocenters. The lowest BCUT2D eigenvalue weighted by Gasteiger charge is -2.34. The average molecular weight is 519 g/mol. The summed E-state index contributed by atoms with van der Waals surface area (Å²) < 4.78 is 11.4. The van der Waals surface area contributed by atoms with Gasteiger partial charge in [0, 0.05) is 24.2 Å². The molecule has 2 saturated heterocycles. The molecule has 2 N–H and O–H groups in total. The van der Waals surface area contributed by atoms with E-state index in [2.05, 4.69) is 31.2 Å².